The van der Waals surface area contributed by atoms with Crippen molar-refractivity contribution in [3.63, 3.8) is 0 Å². The summed E-state index contributed by atoms with van der Waals surface area (Å²) in [6.45, 7) is 2.88. The molecule has 1 aliphatic heterocycles. The number of hydrogen-bond donors (Lipinski definition) is 1. The molecule has 3 rings (SSSR count). The number of aryl methyl sites for hydroxylation is 1. The summed E-state index contributed by atoms with van der Waals surface area (Å²) < 4.78 is 12.2. The van der Waals surface area contributed by atoms with Crippen molar-refractivity contribution < 1.29 is 9.47 Å². The number of ether oxygens (including phenoxy) is 2. The van der Waals surface area contributed by atoms with E-state index in [0.29, 0.717) is 0 Å². The van der Waals surface area contributed by atoms with Gasteiger partial charge in [-0.1, -0.05) is 12.8 Å². The first-order valence-corrected chi connectivity index (χ1v) is 7.34. The highest BCUT2D eigenvalue weighted by atomic mass is 16.5. The van der Waals surface area contributed by atoms with Gasteiger partial charge in [0.15, 0.2) is 0 Å². The molecule has 3 nitrogen and oxygen atoms in total. The zero-order valence-corrected chi connectivity index (χ0v) is 11.7. The van der Waals surface area contributed by atoms with E-state index in [-0.39, 0.29) is 11.7 Å². The minimum Gasteiger partial charge on any atom is -0.490 e. The molecule has 1 saturated heterocycles. The van der Waals surface area contributed by atoms with Crippen molar-refractivity contribution in [2.75, 3.05) is 12.3 Å². The Hall–Kier alpha value is -1.22. The molecule has 1 aromatic rings. The first-order valence-electron chi connectivity index (χ1n) is 7.34. The Morgan fingerprint density at radius 3 is 2.84 bits per heavy atom. The van der Waals surface area contributed by atoms with Gasteiger partial charge >= 0.3 is 0 Å². The Morgan fingerprint density at radius 1 is 1.32 bits per heavy atom. The largest absolute Gasteiger partial charge is 0.490 e. The van der Waals surface area contributed by atoms with Gasteiger partial charge in [0.1, 0.15) is 11.9 Å². The van der Waals surface area contributed by atoms with E-state index in [1.54, 1.807) is 0 Å². The molecular formula is C16H23NO2. The van der Waals surface area contributed by atoms with Crippen molar-refractivity contribution in [1.82, 2.24) is 0 Å². The second kappa shape index (κ2) is 5.04. The Labute approximate surface area is 115 Å². The Balaban J connectivity index is 1.69. The highest BCUT2D eigenvalue weighted by Crippen LogP contribution is 2.41. The van der Waals surface area contributed by atoms with Crippen LogP contribution in [0, 0.1) is 6.92 Å². The van der Waals surface area contributed by atoms with E-state index in [2.05, 4.69) is 6.92 Å². The summed E-state index contributed by atoms with van der Waals surface area (Å²) in [6.07, 6.45) is 7.32. The van der Waals surface area contributed by atoms with Gasteiger partial charge in [-0.3, -0.25) is 0 Å². The number of benzene rings is 1. The van der Waals surface area contributed by atoms with Crippen molar-refractivity contribution >= 4 is 5.69 Å². The first-order chi connectivity index (χ1) is 9.17. The van der Waals surface area contributed by atoms with Crippen LogP contribution in [-0.4, -0.2) is 18.3 Å². The Bertz CT molecular complexity index is 452. The summed E-state index contributed by atoms with van der Waals surface area (Å²) in [6, 6.07) is 5.87. The fourth-order valence-electron chi connectivity index (χ4n) is 3.44. The molecule has 19 heavy (non-hydrogen) atoms. The molecule has 1 aliphatic carbocycles. The summed E-state index contributed by atoms with van der Waals surface area (Å²) in [5, 5.41) is 0. The molecule has 0 radical (unpaired) electrons. The zero-order valence-electron chi connectivity index (χ0n) is 11.7. The molecule has 0 aromatic heterocycles. The first kappa shape index (κ1) is 12.8. The van der Waals surface area contributed by atoms with Crippen LogP contribution >= 0.6 is 0 Å². The highest BCUT2D eigenvalue weighted by molar-refractivity contribution is 5.47. The molecule has 2 N–H and O–H groups in total. The fraction of sp³-hybridized carbons (Fsp3) is 0.625. The van der Waals surface area contributed by atoms with Crippen LogP contribution in [0.5, 0.6) is 5.75 Å². The number of nitrogens with two attached hydrogens (primary N) is 1. The van der Waals surface area contributed by atoms with Gasteiger partial charge in [-0.25, -0.2) is 0 Å². The average Bonchev–Trinajstić information content (AvgIpc) is 2.81. The van der Waals surface area contributed by atoms with Gasteiger partial charge in [-0.2, -0.15) is 0 Å². The summed E-state index contributed by atoms with van der Waals surface area (Å²) >= 11 is 0. The minimum atomic E-state index is 0.116. The van der Waals surface area contributed by atoms with Gasteiger partial charge in [0.2, 0.25) is 0 Å². The number of rotatable bonds is 2. The predicted octanol–water partition coefficient (Wildman–Crippen LogP) is 3.45. The van der Waals surface area contributed by atoms with Crippen molar-refractivity contribution in [1.29, 1.82) is 0 Å². The molecule has 3 heteroatoms. The average molecular weight is 261 g/mol. The summed E-state index contributed by atoms with van der Waals surface area (Å²) in [5.41, 5.74) is 7.81. The van der Waals surface area contributed by atoms with Crippen LogP contribution in [0.25, 0.3) is 0 Å². The van der Waals surface area contributed by atoms with Crippen LogP contribution in [0.4, 0.5) is 5.69 Å². The van der Waals surface area contributed by atoms with Gasteiger partial charge in [0.05, 0.1) is 12.2 Å². The highest BCUT2D eigenvalue weighted by Gasteiger charge is 2.40. The monoisotopic (exact) mass is 261 g/mol. The van der Waals surface area contributed by atoms with Crippen LogP contribution in [0.3, 0.4) is 0 Å². The third-order valence-corrected chi connectivity index (χ3v) is 4.46. The van der Waals surface area contributed by atoms with Gasteiger partial charge in [-0.15, -0.1) is 0 Å². The van der Waals surface area contributed by atoms with E-state index in [0.717, 1.165) is 36.4 Å². The molecule has 1 atom stereocenters. The summed E-state index contributed by atoms with van der Waals surface area (Å²) in [7, 11) is 0. The Kier molecular flexibility index (Phi) is 3.40. The van der Waals surface area contributed by atoms with Crippen molar-refractivity contribution in [2.24, 2.45) is 0 Å². The second-order valence-electron chi connectivity index (χ2n) is 6.00. The van der Waals surface area contributed by atoms with Gasteiger partial charge in [0, 0.05) is 18.5 Å². The molecule has 1 saturated carbocycles. The maximum absolute atomic E-state index is 6.19. The van der Waals surface area contributed by atoms with Crippen LogP contribution in [0.1, 0.15) is 44.1 Å². The topological polar surface area (TPSA) is 44.5 Å². The van der Waals surface area contributed by atoms with E-state index >= 15 is 0 Å². The molecule has 2 fully saturated rings. The third kappa shape index (κ3) is 2.71. The zero-order chi connectivity index (χ0) is 13.3. The quantitative estimate of drug-likeness (QED) is 0.829. The summed E-state index contributed by atoms with van der Waals surface area (Å²) in [4.78, 5) is 0. The molecule has 1 heterocycles. The number of anilines is 1. The van der Waals surface area contributed by atoms with E-state index in [4.69, 9.17) is 15.2 Å². The second-order valence-corrected chi connectivity index (χ2v) is 6.00. The lowest BCUT2D eigenvalue weighted by molar-refractivity contribution is -0.108. The SMILES string of the molecule is Cc1cc(N)ccc1OC1CCOC2(CCCC2)C1. The van der Waals surface area contributed by atoms with Crippen molar-refractivity contribution in [3.05, 3.63) is 23.8 Å². The lowest BCUT2D eigenvalue weighted by Crippen LogP contribution is -2.41. The van der Waals surface area contributed by atoms with Crippen molar-refractivity contribution in [2.45, 2.75) is 57.2 Å². The van der Waals surface area contributed by atoms with Crippen LogP contribution < -0.4 is 10.5 Å². The fourth-order valence-corrected chi connectivity index (χ4v) is 3.44. The number of nitrogen functional groups attached to an aromatic ring is 1. The van der Waals surface area contributed by atoms with E-state index in [1.807, 2.05) is 18.2 Å². The van der Waals surface area contributed by atoms with Crippen LogP contribution in [0.2, 0.25) is 0 Å². The van der Waals surface area contributed by atoms with Crippen molar-refractivity contribution in [3.8, 4) is 5.75 Å². The standard InChI is InChI=1S/C16H23NO2/c1-12-10-13(17)4-5-15(12)19-14-6-9-18-16(11-14)7-2-3-8-16/h4-5,10,14H,2-3,6-9,11,17H2,1H3. The number of hydrogen-bond acceptors (Lipinski definition) is 3. The molecule has 104 valence electrons. The summed E-state index contributed by atoms with van der Waals surface area (Å²) in [5.74, 6) is 0.967. The van der Waals surface area contributed by atoms with Gasteiger partial charge < -0.3 is 15.2 Å². The molecule has 1 aromatic carbocycles. The molecular weight excluding hydrogens is 238 g/mol. The molecule has 0 amide bonds. The van der Waals surface area contributed by atoms with Gasteiger partial charge in [-0.05, 0) is 43.5 Å². The maximum atomic E-state index is 6.19. The van der Waals surface area contributed by atoms with Crippen LogP contribution in [0.15, 0.2) is 18.2 Å². The maximum Gasteiger partial charge on any atom is 0.122 e. The molecule has 2 aliphatic rings. The van der Waals surface area contributed by atoms with E-state index in [9.17, 15) is 0 Å². The lowest BCUT2D eigenvalue weighted by Gasteiger charge is -2.38. The van der Waals surface area contributed by atoms with E-state index in [1.165, 1.54) is 25.7 Å². The Morgan fingerprint density at radius 2 is 2.11 bits per heavy atom. The minimum absolute atomic E-state index is 0.116. The molecule has 1 spiro atoms. The molecule has 1 unspecified atom stereocenters. The lowest BCUT2D eigenvalue weighted by atomic mass is 9.90. The van der Waals surface area contributed by atoms with Crippen LogP contribution in [-0.2, 0) is 4.74 Å². The normalized spacial score (nSPS) is 25.6. The predicted molar refractivity (Wildman–Crippen MR) is 76.4 cm³/mol. The third-order valence-electron chi connectivity index (χ3n) is 4.46. The van der Waals surface area contributed by atoms with Gasteiger partial charge in [0.25, 0.3) is 0 Å². The molecule has 0 bridgehead atoms. The van der Waals surface area contributed by atoms with E-state index < -0.39 is 0 Å². The smallest absolute Gasteiger partial charge is 0.122 e.